The van der Waals surface area contributed by atoms with Crippen LogP contribution in [0.2, 0.25) is 0 Å². The third kappa shape index (κ3) is 7.11. The largest absolute Gasteiger partial charge is 0.475 e. The van der Waals surface area contributed by atoms with Gasteiger partial charge in [-0.1, -0.05) is 77.3 Å². The molecule has 0 aromatic heterocycles. The lowest BCUT2D eigenvalue weighted by Crippen LogP contribution is -2.40. The normalized spacial score (nSPS) is 15.8. The lowest BCUT2D eigenvalue weighted by molar-refractivity contribution is -0.136. The Morgan fingerprint density at radius 2 is 1.65 bits per heavy atom. The van der Waals surface area contributed by atoms with Crippen molar-refractivity contribution in [2.45, 2.75) is 84.9 Å². The van der Waals surface area contributed by atoms with Crippen molar-refractivity contribution in [3.63, 3.8) is 0 Å². The van der Waals surface area contributed by atoms with Crippen molar-refractivity contribution in [3.8, 4) is 11.5 Å². The van der Waals surface area contributed by atoms with Gasteiger partial charge in [-0.25, -0.2) is 13.2 Å². The number of ether oxygens (including phenoxy) is 2. The predicted molar refractivity (Wildman–Crippen MR) is 157 cm³/mol. The van der Waals surface area contributed by atoms with E-state index in [2.05, 4.69) is 25.7 Å². The van der Waals surface area contributed by atoms with Crippen LogP contribution in [-0.2, 0) is 21.2 Å². The molecule has 0 radical (unpaired) electrons. The zero-order valence-electron chi connectivity index (χ0n) is 24.7. The predicted octanol–water partition coefficient (Wildman–Crippen LogP) is 5.74. The Bertz CT molecular complexity index is 1270. The highest BCUT2D eigenvalue weighted by molar-refractivity contribution is 7.88. The number of unbranched alkanes of at least 4 members (excludes halogenated alkanes) is 2. The summed E-state index contributed by atoms with van der Waals surface area (Å²) in [5.74, 6) is -0.356. The molecule has 0 spiro atoms. The molecule has 1 aliphatic rings. The molecule has 0 bridgehead atoms. The van der Waals surface area contributed by atoms with Crippen LogP contribution in [0.3, 0.4) is 0 Å². The van der Waals surface area contributed by atoms with Crippen LogP contribution >= 0.6 is 0 Å². The molecule has 2 aromatic carbocycles. The summed E-state index contributed by atoms with van der Waals surface area (Å²) in [6.45, 7) is 10.2. The highest BCUT2D eigenvalue weighted by Gasteiger charge is 2.44. The van der Waals surface area contributed by atoms with Crippen molar-refractivity contribution in [2.75, 3.05) is 26.4 Å². The molecule has 0 N–H and O–H groups in total. The van der Waals surface area contributed by atoms with E-state index in [-0.39, 0.29) is 28.9 Å². The fourth-order valence-corrected chi connectivity index (χ4v) is 5.71. The molecular formula is C31H44N2O6S. The number of fused-ring (bicyclic) bond motifs is 1. The second-order valence-electron chi connectivity index (χ2n) is 10.4. The monoisotopic (exact) mass is 572 g/mol. The molecule has 2 unspecified atom stereocenters. The summed E-state index contributed by atoms with van der Waals surface area (Å²) in [6, 6.07) is 9.24. The minimum absolute atomic E-state index is 0.170. The minimum Gasteiger partial charge on any atom is -0.475 e. The quantitative estimate of drug-likeness (QED) is 0.110. The number of ketones is 1. The first kappa shape index (κ1) is 31.8. The standard InChI is InChI=1S/C31H44N2O6S/c1-7-11-19-33(20-12-8-2)26(10-4)38-24-21-25-28(29(31(35)39-25)32(5)40(6,36)37)27(23(24)16-9-3)30(34)22-17-14-13-15-18-22/h13-15,17-18,21,26,29H,7-12,16,19-20H2,1-6H3. The van der Waals surface area contributed by atoms with Gasteiger partial charge in [0.25, 0.3) is 0 Å². The number of nitrogens with zero attached hydrogens (tertiary/aromatic N) is 2. The molecule has 2 atom stereocenters. The van der Waals surface area contributed by atoms with Gasteiger partial charge in [-0.15, -0.1) is 0 Å². The zero-order valence-corrected chi connectivity index (χ0v) is 25.6. The molecular weight excluding hydrogens is 528 g/mol. The lowest BCUT2D eigenvalue weighted by atomic mass is 9.88. The van der Waals surface area contributed by atoms with E-state index >= 15 is 0 Å². The summed E-state index contributed by atoms with van der Waals surface area (Å²) in [5, 5.41) is 0. The molecule has 3 rings (SSSR count). The van der Waals surface area contributed by atoms with Gasteiger partial charge in [-0.3, -0.25) is 9.69 Å². The van der Waals surface area contributed by atoms with Crippen molar-refractivity contribution in [3.05, 3.63) is 58.7 Å². The smallest absolute Gasteiger partial charge is 0.334 e. The Morgan fingerprint density at radius 3 is 2.17 bits per heavy atom. The Hall–Kier alpha value is -2.75. The Labute approximate surface area is 239 Å². The number of carbonyl (C=O) groups excluding carboxylic acids is 2. The second kappa shape index (κ2) is 14.2. The van der Waals surface area contributed by atoms with Crippen LogP contribution in [0.25, 0.3) is 0 Å². The topological polar surface area (TPSA) is 93.2 Å². The molecule has 0 fully saturated rings. The average Bonchev–Trinajstić information content (AvgIpc) is 3.26. The molecule has 40 heavy (non-hydrogen) atoms. The van der Waals surface area contributed by atoms with E-state index in [0.717, 1.165) is 62.2 Å². The molecule has 0 saturated carbocycles. The van der Waals surface area contributed by atoms with Gasteiger partial charge in [0.05, 0.1) is 6.26 Å². The minimum atomic E-state index is -3.77. The van der Waals surface area contributed by atoms with Gasteiger partial charge >= 0.3 is 5.97 Å². The van der Waals surface area contributed by atoms with E-state index < -0.39 is 22.0 Å². The van der Waals surface area contributed by atoms with Crippen molar-refractivity contribution < 1.29 is 27.5 Å². The number of sulfonamides is 1. The fraction of sp³-hybridized carbons (Fsp3) is 0.548. The van der Waals surface area contributed by atoms with Crippen LogP contribution in [0.5, 0.6) is 11.5 Å². The number of hydrogen-bond donors (Lipinski definition) is 0. The van der Waals surface area contributed by atoms with Crippen LogP contribution in [0.4, 0.5) is 0 Å². The molecule has 8 nitrogen and oxygen atoms in total. The van der Waals surface area contributed by atoms with E-state index in [1.807, 2.05) is 13.0 Å². The van der Waals surface area contributed by atoms with Crippen LogP contribution < -0.4 is 9.47 Å². The summed E-state index contributed by atoms with van der Waals surface area (Å²) in [4.78, 5) is 29.6. The van der Waals surface area contributed by atoms with Gasteiger partial charge in [-0.2, -0.15) is 4.31 Å². The SMILES string of the molecule is CCCCN(CCCC)C(CC)Oc1cc2c(c(C(=O)c3ccccc3)c1CCC)C(N(C)S(C)(=O)=O)C(=O)O2. The first-order valence-corrected chi connectivity index (χ1v) is 16.3. The first-order chi connectivity index (χ1) is 19.1. The number of rotatable bonds is 16. The summed E-state index contributed by atoms with van der Waals surface area (Å²) in [5.41, 5.74) is 1.68. The Balaban J connectivity index is 2.24. The van der Waals surface area contributed by atoms with Crippen LogP contribution in [0, 0.1) is 0 Å². The lowest BCUT2D eigenvalue weighted by Gasteiger charge is -2.32. The third-order valence-electron chi connectivity index (χ3n) is 7.37. The molecule has 0 amide bonds. The molecule has 1 heterocycles. The van der Waals surface area contributed by atoms with Gasteiger partial charge < -0.3 is 9.47 Å². The second-order valence-corrected chi connectivity index (χ2v) is 12.5. The number of carbonyl (C=O) groups is 2. The van der Waals surface area contributed by atoms with Gasteiger partial charge in [0.15, 0.2) is 18.1 Å². The van der Waals surface area contributed by atoms with Gasteiger partial charge in [0.1, 0.15) is 11.5 Å². The molecule has 0 aliphatic carbocycles. The highest BCUT2D eigenvalue weighted by Crippen LogP contribution is 2.46. The van der Waals surface area contributed by atoms with Crippen LogP contribution in [0.15, 0.2) is 36.4 Å². The van der Waals surface area contributed by atoms with Gasteiger partial charge in [0, 0.05) is 48.5 Å². The van der Waals surface area contributed by atoms with E-state index in [1.54, 1.807) is 30.3 Å². The van der Waals surface area contributed by atoms with E-state index in [0.29, 0.717) is 23.3 Å². The van der Waals surface area contributed by atoms with Crippen molar-refractivity contribution in [1.82, 2.24) is 9.21 Å². The summed E-state index contributed by atoms with van der Waals surface area (Å²) in [7, 11) is -2.44. The molecule has 0 saturated heterocycles. The van der Waals surface area contributed by atoms with Crippen LogP contribution in [0.1, 0.15) is 99.3 Å². The highest BCUT2D eigenvalue weighted by atomic mass is 32.2. The van der Waals surface area contributed by atoms with Crippen molar-refractivity contribution in [1.29, 1.82) is 0 Å². The number of esters is 1. The number of likely N-dealkylation sites (N-methyl/N-ethyl adjacent to an activating group) is 1. The molecule has 2 aromatic rings. The summed E-state index contributed by atoms with van der Waals surface area (Å²) < 4.78 is 38.4. The van der Waals surface area contributed by atoms with Crippen molar-refractivity contribution >= 4 is 21.8 Å². The maximum atomic E-state index is 14.1. The average molecular weight is 573 g/mol. The third-order valence-corrected chi connectivity index (χ3v) is 8.63. The summed E-state index contributed by atoms with van der Waals surface area (Å²) in [6.07, 6.45) is 7.01. The molecule has 1 aliphatic heterocycles. The maximum absolute atomic E-state index is 14.1. The fourth-order valence-electron chi connectivity index (χ4n) is 5.13. The molecule has 220 valence electrons. The Morgan fingerprint density at radius 1 is 1.02 bits per heavy atom. The van der Waals surface area contributed by atoms with Gasteiger partial charge in [-0.05, 0) is 25.7 Å². The summed E-state index contributed by atoms with van der Waals surface area (Å²) >= 11 is 0. The number of benzene rings is 2. The van der Waals surface area contributed by atoms with E-state index in [9.17, 15) is 18.0 Å². The van der Waals surface area contributed by atoms with E-state index in [1.165, 1.54) is 7.05 Å². The van der Waals surface area contributed by atoms with Crippen LogP contribution in [-0.4, -0.2) is 62.0 Å². The molecule has 9 heteroatoms. The first-order valence-electron chi connectivity index (χ1n) is 14.4. The maximum Gasteiger partial charge on any atom is 0.334 e. The van der Waals surface area contributed by atoms with Gasteiger partial charge in [0.2, 0.25) is 10.0 Å². The zero-order chi connectivity index (χ0) is 29.4. The Kier molecular flexibility index (Phi) is 11.3. The van der Waals surface area contributed by atoms with Crippen molar-refractivity contribution in [2.24, 2.45) is 0 Å². The van der Waals surface area contributed by atoms with E-state index in [4.69, 9.17) is 9.47 Å². The number of hydrogen-bond acceptors (Lipinski definition) is 7.